The second kappa shape index (κ2) is 10.4. The molecular formula is C32H37ClN2O3S. The van der Waals surface area contributed by atoms with E-state index in [9.17, 15) is 9.90 Å². The highest BCUT2D eigenvalue weighted by atomic mass is 35.5. The Balaban J connectivity index is 1.26. The van der Waals surface area contributed by atoms with Gasteiger partial charge in [-0.15, -0.1) is 0 Å². The van der Waals surface area contributed by atoms with Crippen LogP contribution < -0.4 is 14.4 Å². The number of allylic oxidation sites excluding steroid dienone is 1. The number of fused-ring (bicyclic) bond motifs is 5. The number of anilines is 1. The zero-order chi connectivity index (χ0) is 26.6. The summed E-state index contributed by atoms with van der Waals surface area (Å²) in [5, 5.41) is 12.0. The Morgan fingerprint density at radius 3 is 2.79 bits per heavy atom. The maximum Gasteiger partial charge on any atom is 0.261 e. The largest absolute Gasteiger partial charge is 0.490 e. The van der Waals surface area contributed by atoms with Gasteiger partial charge in [0.1, 0.15) is 5.75 Å². The van der Waals surface area contributed by atoms with E-state index in [0.717, 1.165) is 67.4 Å². The number of benzene rings is 2. The molecule has 2 aromatic rings. The van der Waals surface area contributed by atoms with Gasteiger partial charge in [-0.3, -0.25) is 9.52 Å². The fourth-order valence-corrected chi connectivity index (χ4v) is 8.69. The van der Waals surface area contributed by atoms with Crippen molar-refractivity contribution in [1.82, 2.24) is 4.72 Å². The molecule has 5 aliphatic rings. The smallest absolute Gasteiger partial charge is 0.261 e. The molecule has 7 heteroatoms. The second-order valence-electron chi connectivity index (χ2n) is 12.4. The highest BCUT2D eigenvalue weighted by Gasteiger charge is 2.44. The van der Waals surface area contributed by atoms with Crippen molar-refractivity contribution < 1.29 is 14.6 Å². The average molecular weight is 565 g/mol. The number of ether oxygens (including phenoxy) is 1. The molecule has 5 nitrogen and oxygen atoms in total. The lowest BCUT2D eigenvalue weighted by Crippen LogP contribution is -2.49. The van der Waals surface area contributed by atoms with Crippen LogP contribution in [0.4, 0.5) is 5.69 Å². The Morgan fingerprint density at radius 2 is 1.97 bits per heavy atom. The molecule has 6 atom stereocenters. The summed E-state index contributed by atoms with van der Waals surface area (Å²) in [4.78, 5) is 15.7. The van der Waals surface area contributed by atoms with E-state index in [4.69, 9.17) is 16.3 Å². The van der Waals surface area contributed by atoms with E-state index in [1.54, 1.807) is 0 Å². The highest BCUT2D eigenvalue weighted by molar-refractivity contribution is 7.97. The number of nitrogens with zero attached hydrogens (tertiary/aromatic N) is 1. The average Bonchev–Trinajstić information content (AvgIpc) is 3.05. The minimum absolute atomic E-state index is 0.0465. The van der Waals surface area contributed by atoms with Crippen LogP contribution in [0.1, 0.15) is 60.0 Å². The molecule has 1 amide bonds. The number of hydrogen-bond donors (Lipinski definition) is 2. The molecule has 39 heavy (non-hydrogen) atoms. The molecule has 0 radical (unpaired) electrons. The van der Waals surface area contributed by atoms with Crippen molar-refractivity contribution in [2.45, 2.75) is 56.5 Å². The van der Waals surface area contributed by atoms with Gasteiger partial charge in [-0.2, -0.15) is 0 Å². The molecule has 2 aromatic carbocycles. The molecule has 0 aromatic heterocycles. The van der Waals surface area contributed by atoms with E-state index in [2.05, 4.69) is 33.9 Å². The SMILES string of the molecule is O=C1NSC[C@@H]2CC[C@H]2/C=C/[C@H](O)[C@@H]2CC[C@H]2CN2C[C@@]3(CCCc4cc(Cl)ccc43)COc3ccc1cc32. The van der Waals surface area contributed by atoms with Crippen LogP contribution in [-0.2, 0) is 11.8 Å². The molecule has 0 unspecified atom stereocenters. The van der Waals surface area contributed by atoms with Gasteiger partial charge in [0.2, 0.25) is 0 Å². The number of rotatable bonds is 0. The van der Waals surface area contributed by atoms with Gasteiger partial charge >= 0.3 is 0 Å². The van der Waals surface area contributed by atoms with Crippen LogP contribution in [0.3, 0.4) is 0 Å². The van der Waals surface area contributed by atoms with Crippen molar-refractivity contribution in [1.29, 1.82) is 0 Å². The summed E-state index contributed by atoms with van der Waals surface area (Å²) < 4.78 is 9.68. The first-order valence-electron chi connectivity index (χ1n) is 14.6. The monoisotopic (exact) mass is 564 g/mol. The molecule has 2 bridgehead atoms. The predicted octanol–water partition coefficient (Wildman–Crippen LogP) is 6.17. The number of aliphatic hydroxyl groups is 1. The number of amides is 1. The van der Waals surface area contributed by atoms with E-state index in [-0.39, 0.29) is 17.2 Å². The fourth-order valence-electron chi connectivity index (χ4n) is 7.54. The van der Waals surface area contributed by atoms with Crippen molar-refractivity contribution in [3.63, 3.8) is 0 Å². The van der Waals surface area contributed by atoms with Gasteiger partial charge in [0.15, 0.2) is 0 Å². The Morgan fingerprint density at radius 1 is 1.08 bits per heavy atom. The predicted molar refractivity (Wildman–Crippen MR) is 158 cm³/mol. The first-order valence-corrected chi connectivity index (χ1v) is 15.9. The zero-order valence-corrected chi connectivity index (χ0v) is 23.9. The lowest BCUT2D eigenvalue weighted by atomic mass is 9.68. The summed E-state index contributed by atoms with van der Waals surface area (Å²) in [5.41, 5.74) is 4.19. The van der Waals surface area contributed by atoms with E-state index >= 15 is 0 Å². The molecule has 0 saturated heterocycles. The molecule has 206 valence electrons. The lowest BCUT2D eigenvalue weighted by Gasteiger charge is -2.45. The van der Waals surface area contributed by atoms with Crippen LogP contribution in [0.25, 0.3) is 0 Å². The first kappa shape index (κ1) is 25.8. The Labute approximate surface area is 240 Å². The van der Waals surface area contributed by atoms with E-state index in [1.165, 1.54) is 35.9 Å². The number of carbonyl (C=O) groups is 1. The Kier molecular flexibility index (Phi) is 6.85. The van der Waals surface area contributed by atoms with Gasteiger partial charge in [-0.05, 0) is 122 Å². The van der Waals surface area contributed by atoms with E-state index in [0.29, 0.717) is 29.9 Å². The maximum atomic E-state index is 13.2. The van der Waals surface area contributed by atoms with Gasteiger partial charge in [-0.1, -0.05) is 29.8 Å². The van der Waals surface area contributed by atoms with Crippen LogP contribution in [0.15, 0.2) is 48.6 Å². The standard InChI is InChI=1S/C32H37ClN2O3S/c33-25-8-10-27-21(14-25)2-1-13-32(27)18-35-16-23-5-9-26(23)29(36)11-6-20-3-4-24(20)17-39-34-31(37)22-7-12-30(38-19-32)28(35)15-22/h6-8,10-12,14-15,20,23-24,26,29,36H,1-5,9,13,16-19H2,(H,34,37)/b11-6+/t20-,23-,24-,26+,29-,32-/m0/s1. The van der Waals surface area contributed by atoms with E-state index < -0.39 is 6.10 Å². The number of aliphatic hydroxyl groups excluding tert-OH is 1. The van der Waals surface area contributed by atoms with Crippen molar-refractivity contribution in [3.8, 4) is 5.75 Å². The van der Waals surface area contributed by atoms with Gasteiger partial charge in [0.05, 0.1) is 18.4 Å². The topological polar surface area (TPSA) is 61.8 Å². The van der Waals surface area contributed by atoms with Crippen molar-refractivity contribution in [3.05, 3.63) is 70.3 Å². The summed E-state index contributed by atoms with van der Waals surface area (Å²) in [7, 11) is 0. The van der Waals surface area contributed by atoms with Crippen molar-refractivity contribution in [2.75, 3.05) is 30.3 Å². The van der Waals surface area contributed by atoms with Crippen LogP contribution in [0, 0.1) is 23.7 Å². The van der Waals surface area contributed by atoms with Crippen LogP contribution in [0.2, 0.25) is 5.02 Å². The zero-order valence-electron chi connectivity index (χ0n) is 22.3. The Hall–Kier alpha value is -2.15. The van der Waals surface area contributed by atoms with Gasteiger partial charge in [-0.25, -0.2) is 0 Å². The van der Waals surface area contributed by atoms with Gasteiger partial charge in [0.25, 0.3) is 5.91 Å². The van der Waals surface area contributed by atoms with Gasteiger partial charge in [0, 0.05) is 34.8 Å². The molecule has 2 heterocycles. The molecular weight excluding hydrogens is 528 g/mol. The second-order valence-corrected chi connectivity index (χ2v) is 13.7. The first-order chi connectivity index (χ1) is 19.0. The molecule has 1 spiro atoms. The van der Waals surface area contributed by atoms with Crippen LogP contribution >= 0.6 is 23.5 Å². The summed E-state index contributed by atoms with van der Waals surface area (Å²) in [6, 6.07) is 12.2. The van der Waals surface area contributed by atoms with Gasteiger partial charge < -0.3 is 14.7 Å². The summed E-state index contributed by atoms with van der Waals surface area (Å²) >= 11 is 7.91. The van der Waals surface area contributed by atoms with Crippen molar-refractivity contribution >= 4 is 35.1 Å². The molecule has 2 aliphatic heterocycles. The molecule has 2 N–H and O–H groups in total. The number of hydrogen-bond acceptors (Lipinski definition) is 5. The fraction of sp³-hybridized carbons (Fsp3) is 0.531. The summed E-state index contributed by atoms with van der Waals surface area (Å²) in [6.45, 7) is 2.28. The third kappa shape index (κ3) is 4.76. The number of aryl methyl sites for hydroxylation is 1. The third-order valence-corrected chi connectivity index (χ3v) is 11.3. The molecule has 2 fully saturated rings. The Bertz CT molecular complexity index is 1300. The minimum atomic E-state index is -0.397. The lowest BCUT2D eigenvalue weighted by molar-refractivity contribution is 0.0450. The minimum Gasteiger partial charge on any atom is -0.490 e. The van der Waals surface area contributed by atoms with Crippen molar-refractivity contribution in [2.24, 2.45) is 23.7 Å². The molecule has 7 rings (SSSR count). The molecule has 2 saturated carbocycles. The summed E-state index contributed by atoms with van der Waals surface area (Å²) in [5.74, 6) is 3.43. The number of nitrogens with one attached hydrogen (secondary N) is 1. The number of carbonyl (C=O) groups excluding carboxylic acids is 1. The van der Waals surface area contributed by atoms with Crippen LogP contribution in [-0.4, -0.2) is 42.6 Å². The quantitative estimate of drug-likeness (QED) is 0.296. The summed E-state index contributed by atoms with van der Waals surface area (Å²) in [6.07, 6.45) is 11.7. The van der Waals surface area contributed by atoms with Crippen LogP contribution in [0.5, 0.6) is 5.75 Å². The highest BCUT2D eigenvalue weighted by Crippen LogP contribution is 2.47. The third-order valence-electron chi connectivity index (χ3n) is 10.2. The van der Waals surface area contributed by atoms with E-state index in [1.807, 2.05) is 24.3 Å². The molecule has 3 aliphatic carbocycles. The number of halogens is 1. The normalized spacial score (nSPS) is 34.7. The maximum absolute atomic E-state index is 13.2.